The van der Waals surface area contributed by atoms with E-state index in [1.165, 1.54) is 46.4 Å². The van der Waals surface area contributed by atoms with E-state index in [1.54, 1.807) is 37.4 Å². The smallest absolute Gasteiger partial charge is 0.416 e. The van der Waals surface area contributed by atoms with Crippen LogP contribution in [0.15, 0.2) is 89.6 Å². The molecule has 71 heavy (non-hydrogen) atoms. The number of morpholine rings is 1. The van der Waals surface area contributed by atoms with E-state index in [-0.39, 0.29) is 54.8 Å². The molecule has 8 rings (SSSR count). The summed E-state index contributed by atoms with van der Waals surface area (Å²) in [6.07, 6.45) is 3.13. The molecule has 2 saturated heterocycles. The Kier molecular flexibility index (Phi) is 15.0. The number of allylic oxidation sites excluding steroid dienone is 1. The van der Waals surface area contributed by atoms with Gasteiger partial charge in [0.05, 0.1) is 46.1 Å². The first-order valence-electron chi connectivity index (χ1n) is 23.5. The second kappa shape index (κ2) is 20.7. The molecule has 3 aliphatic rings. The number of benzene rings is 3. The van der Waals surface area contributed by atoms with Crippen molar-refractivity contribution in [1.82, 2.24) is 19.2 Å². The van der Waals surface area contributed by atoms with Gasteiger partial charge in [-0.1, -0.05) is 25.5 Å². The van der Waals surface area contributed by atoms with Gasteiger partial charge in [0.2, 0.25) is 10.0 Å². The van der Waals surface area contributed by atoms with Crippen LogP contribution in [0, 0.1) is 22.5 Å². The van der Waals surface area contributed by atoms with E-state index in [2.05, 4.69) is 38.9 Å². The van der Waals surface area contributed by atoms with Gasteiger partial charge in [-0.05, 0) is 110 Å². The Hall–Kier alpha value is -5.87. The number of sulfone groups is 1. The van der Waals surface area contributed by atoms with Gasteiger partial charge in [0.25, 0.3) is 5.69 Å². The number of ketones is 1. The summed E-state index contributed by atoms with van der Waals surface area (Å²) < 4.78 is 106. The molecule has 2 fully saturated rings. The number of nitrogens with one attached hydrogen (secondary N) is 2. The summed E-state index contributed by atoms with van der Waals surface area (Å²) in [6, 6.07) is 16.0. The lowest BCUT2D eigenvalue weighted by molar-refractivity contribution is -0.384. The number of carbonyl (C=O) groups excluding carboxylic acids is 1. The standard InChI is InChI=1S/C50H58F3N7O9S2/c1-33-24-36(50(51,52)53)7-10-41(33)43-28-49(2,3)15-13-35(43)30-57-18-20-58(21-19-57)37-8-11-42(47(26-37)69-39-25-34-14-17-55-48(34)56-29-39)46(61)32-71(66,67)40-9-12-44(45(27-40)60(62)63)54-16-5-6-38-31-59(22-23-68-38)70(4,64)65/h7-12,14,17,24-27,29,38,54H,5-6,13,15-16,18-23,28,30-32H2,1-4H3,(H,55,56). The predicted octanol–water partition coefficient (Wildman–Crippen LogP) is 8.89. The summed E-state index contributed by atoms with van der Waals surface area (Å²) >= 11 is 0. The van der Waals surface area contributed by atoms with E-state index >= 15 is 0 Å². The minimum absolute atomic E-state index is 0.000653. The quantitative estimate of drug-likeness (QED) is 0.0388. The van der Waals surface area contributed by atoms with Crippen molar-refractivity contribution in [2.75, 3.05) is 81.2 Å². The van der Waals surface area contributed by atoms with Crippen molar-refractivity contribution in [2.24, 2.45) is 5.41 Å². The number of nitrogens with zero attached hydrogens (tertiary/aromatic N) is 5. The maximum Gasteiger partial charge on any atom is 0.416 e. The first kappa shape index (κ1) is 51.5. The third-order valence-corrected chi connectivity index (χ3v) is 16.4. The first-order chi connectivity index (χ1) is 33.5. The fourth-order valence-corrected chi connectivity index (χ4v) is 11.7. The number of alkyl halides is 3. The van der Waals surface area contributed by atoms with Gasteiger partial charge in [-0.3, -0.25) is 19.8 Å². The second-order valence-electron chi connectivity index (χ2n) is 19.4. The molecule has 4 heterocycles. The van der Waals surface area contributed by atoms with Crippen LogP contribution in [-0.2, 0) is 30.8 Å². The van der Waals surface area contributed by atoms with Gasteiger partial charge in [0.15, 0.2) is 15.6 Å². The average Bonchev–Trinajstić information content (AvgIpc) is 3.79. The number of halogens is 3. The Morgan fingerprint density at radius 1 is 1.01 bits per heavy atom. The molecule has 0 bridgehead atoms. The number of nitro benzene ring substituents is 1. The van der Waals surface area contributed by atoms with Crippen molar-refractivity contribution in [1.29, 1.82) is 0 Å². The number of hydrogen-bond donors (Lipinski definition) is 2. The number of fused-ring (bicyclic) bond motifs is 1. The molecule has 380 valence electrons. The Morgan fingerprint density at radius 2 is 1.79 bits per heavy atom. The van der Waals surface area contributed by atoms with Crippen LogP contribution >= 0.6 is 0 Å². The molecule has 21 heteroatoms. The van der Waals surface area contributed by atoms with Crippen LogP contribution in [0.4, 0.5) is 30.2 Å². The summed E-state index contributed by atoms with van der Waals surface area (Å²) in [4.78, 5) is 37.1. The number of Topliss-reactive ketones (excluding diaryl/α,β-unsaturated/α-hetero) is 1. The molecule has 1 atom stereocenters. The number of aromatic nitrogens is 2. The molecule has 2 N–H and O–H groups in total. The number of H-pyrrole nitrogens is 1. The molecule has 5 aromatic rings. The van der Waals surface area contributed by atoms with E-state index in [1.807, 2.05) is 6.07 Å². The molecule has 0 amide bonds. The Morgan fingerprint density at radius 3 is 2.51 bits per heavy atom. The molecule has 1 unspecified atom stereocenters. The summed E-state index contributed by atoms with van der Waals surface area (Å²) in [6.45, 7) is 10.4. The fraction of sp³-hybridized carbons (Fsp3) is 0.440. The molecule has 1 aliphatic carbocycles. The van der Waals surface area contributed by atoms with E-state index in [9.17, 15) is 44.9 Å². The lowest BCUT2D eigenvalue weighted by atomic mass is 9.72. The number of piperazine rings is 1. The Bertz CT molecular complexity index is 3080. The maximum atomic E-state index is 14.1. The molecule has 0 spiro atoms. The molecular formula is C50H58F3N7O9S2. The molecular weight excluding hydrogens is 964 g/mol. The third kappa shape index (κ3) is 12.4. The number of pyridine rings is 1. The summed E-state index contributed by atoms with van der Waals surface area (Å²) in [7, 11) is -7.80. The fourth-order valence-electron chi connectivity index (χ4n) is 9.59. The van der Waals surface area contributed by atoms with Crippen molar-refractivity contribution in [2.45, 2.75) is 70.1 Å². The van der Waals surface area contributed by atoms with Crippen LogP contribution in [0.3, 0.4) is 0 Å². The molecule has 2 aromatic heterocycles. The van der Waals surface area contributed by atoms with E-state index in [0.29, 0.717) is 62.5 Å². The van der Waals surface area contributed by atoms with E-state index in [4.69, 9.17) is 9.47 Å². The zero-order valence-corrected chi connectivity index (χ0v) is 41.7. The molecule has 0 radical (unpaired) electrons. The number of ether oxygens (including phenoxy) is 2. The van der Waals surface area contributed by atoms with Crippen molar-refractivity contribution in [3.05, 3.63) is 117 Å². The summed E-state index contributed by atoms with van der Waals surface area (Å²) in [5.74, 6) is -1.39. The summed E-state index contributed by atoms with van der Waals surface area (Å²) in [5.41, 5.74) is 4.06. The van der Waals surface area contributed by atoms with Crippen molar-refractivity contribution < 1.29 is 49.2 Å². The van der Waals surface area contributed by atoms with Crippen LogP contribution < -0.4 is 15.0 Å². The van der Waals surface area contributed by atoms with Crippen molar-refractivity contribution >= 4 is 59.3 Å². The molecule has 3 aromatic carbocycles. The Balaban J connectivity index is 0.968. The lowest BCUT2D eigenvalue weighted by Crippen LogP contribution is -2.47. The largest absolute Gasteiger partial charge is 0.455 e. The van der Waals surface area contributed by atoms with Gasteiger partial charge in [0.1, 0.15) is 28.6 Å². The third-order valence-electron chi connectivity index (χ3n) is 13.5. The van der Waals surface area contributed by atoms with Gasteiger partial charge < -0.3 is 24.7 Å². The van der Waals surface area contributed by atoms with Crippen LogP contribution in [0.5, 0.6) is 11.5 Å². The zero-order valence-electron chi connectivity index (χ0n) is 40.1. The number of carbonyl (C=O) groups is 1. The Labute approximate surface area is 411 Å². The monoisotopic (exact) mass is 1020 g/mol. The molecule has 2 aliphatic heterocycles. The minimum atomic E-state index is -4.42. The normalized spacial score (nSPS) is 18.5. The summed E-state index contributed by atoms with van der Waals surface area (Å²) in [5, 5.41) is 15.9. The van der Waals surface area contributed by atoms with Gasteiger partial charge in [-0.15, -0.1) is 0 Å². The number of aromatic amines is 1. The minimum Gasteiger partial charge on any atom is -0.455 e. The first-order valence-corrected chi connectivity index (χ1v) is 27.0. The van der Waals surface area contributed by atoms with E-state index < -0.39 is 58.6 Å². The highest BCUT2D eigenvalue weighted by molar-refractivity contribution is 7.92. The van der Waals surface area contributed by atoms with Gasteiger partial charge in [-0.25, -0.2) is 21.8 Å². The van der Waals surface area contributed by atoms with Crippen LogP contribution in [0.2, 0.25) is 0 Å². The number of anilines is 2. The molecule has 16 nitrogen and oxygen atoms in total. The maximum absolute atomic E-state index is 14.1. The van der Waals surface area contributed by atoms with Crippen LogP contribution in [-0.4, -0.2) is 124 Å². The number of rotatable bonds is 17. The highest BCUT2D eigenvalue weighted by Gasteiger charge is 2.34. The predicted molar refractivity (Wildman–Crippen MR) is 265 cm³/mol. The van der Waals surface area contributed by atoms with Crippen molar-refractivity contribution in [3.63, 3.8) is 0 Å². The van der Waals surface area contributed by atoms with Gasteiger partial charge >= 0.3 is 6.18 Å². The zero-order chi connectivity index (χ0) is 50.9. The van der Waals surface area contributed by atoms with Gasteiger partial charge in [-0.2, -0.15) is 17.5 Å². The highest BCUT2D eigenvalue weighted by Crippen LogP contribution is 2.45. The van der Waals surface area contributed by atoms with E-state index in [0.717, 1.165) is 53.8 Å². The SMILES string of the molecule is Cc1cc(C(F)(F)F)ccc1C1=C(CN2CCN(c3ccc(C(=O)CS(=O)(=O)c4ccc(NCCCC5CN(S(C)(=O)=O)CCO5)c([N+](=O)[O-])c4)c(Oc4cnc5[nH]ccc5c4)c3)CC2)CCC(C)(C)C1. The number of sulfonamides is 1. The number of nitro groups is 1. The number of hydrogen-bond acceptors (Lipinski definition) is 13. The highest BCUT2D eigenvalue weighted by atomic mass is 32.2. The average molecular weight is 1020 g/mol. The van der Waals surface area contributed by atoms with Gasteiger partial charge in [0, 0.05) is 81.8 Å². The number of aryl methyl sites for hydroxylation is 1. The second-order valence-corrected chi connectivity index (χ2v) is 23.4. The lowest BCUT2D eigenvalue weighted by Gasteiger charge is -2.39. The van der Waals surface area contributed by atoms with Crippen LogP contribution in [0.1, 0.15) is 73.0 Å². The molecule has 0 saturated carbocycles. The van der Waals surface area contributed by atoms with Crippen LogP contribution in [0.25, 0.3) is 16.6 Å². The van der Waals surface area contributed by atoms with Crippen molar-refractivity contribution in [3.8, 4) is 11.5 Å². The topological polar surface area (TPSA) is 197 Å².